The zero-order valence-electron chi connectivity index (χ0n) is 10.9. The maximum Gasteiger partial charge on any atom is 0.253 e. The van der Waals surface area contributed by atoms with E-state index in [2.05, 4.69) is 10.5 Å². The normalized spacial score (nSPS) is 10.2. The number of anilines is 2. The van der Waals surface area contributed by atoms with Crippen molar-refractivity contribution in [2.75, 3.05) is 24.7 Å². The lowest BCUT2D eigenvalue weighted by Gasteiger charge is -2.17. The highest BCUT2D eigenvalue weighted by Crippen LogP contribution is 2.21. The summed E-state index contributed by atoms with van der Waals surface area (Å²) in [7, 11) is 3.75. The number of carbonyl (C=O) groups excluding carboxylic acids is 1. The molecule has 6 heteroatoms. The molecule has 0 aliphatic carbocycles. The topological polar surface area (TPSA) is 84.4 Å². The molecular formula is C13H16N4O2. The van der Waals surface area contributed by atoms with Gasteiger partial charge in [0.15, 0.2) is 0 Å². The van der Waals surface area contributed by atoms with E-state index < -0.39 is 0 Å². The van der Waals surface area contributed by atoms with Crippen molar-refractivity contribution in [3.05, 3.63) is 41.8 Å². The maximum atomic E-state index is 12.2. The van der Waals surface area contributed by atoms with Crippen LogP contribution in [-0.2, 0) is 6.54 Å². The molecule has 1 aromatic heterocycles. The number of aromatic nitrogens is 1. The molecule has 0 radical (unpaired) electrons. The van der Waals surface area contributed by atoms with Gasteiger partial charge in [-0.2, -0.15) is 0 Å². The Morgan fingerprint density at radius 2 is 2.21 bits per heavy atom. The lowest BCUT2D eigenvalue weighted by Crippen LogP contribution is -2.25. The van der Waals surface area contributed by atoms with Crippen molar-refractivity contribution in [1.82, 2.24) is 10.5 Å². The molecule has 100 valence electrons. The van der Waals surface area contributed by atoms with Crippen LogP contribution < -0.4 is 16.0 Å². The summed E-state index contributed by atoms with van der Waals surface area (Å²) in [4.78, 5) is 14.0. The average molecular weight is 260 g/mol. The smallest absolute Gasteiger partial charge is 0.253 e. The second-order valence-electron chi connectivity index (χ2n) is 4.34. The van der Waals surface area contributed by atoms with E-state index in [1.54, 1.807) is 18.2 Å². The molecule has 0 bridgehead atoms. The summed E-state index contributed by atoms with van der Waals surface area (Å²) in [6.07, 6.45) is 1.47. The van der Waals surface area contributed by atoms with Gasteiger partial charge < -0.3 is 20.5 Å². The summed E-state index contributed by atoms with van der Waals surface area (Å²) in [5.74, 6) is -0.195. The van der Waals surface area contributed by atoms with Gasteiger partial charge in [0.1, 0.15) is 12.0 Å². The maximum absolute atomic E-state index is 12.2. The average Bonchev–Trinajstić information content (AvgIpc) is 2.88. The van der Waals surface area contributed by atoms with Gasteiger partial charge in [0.05, 0.1) is 12.1 Å². The number of rotatable bonds is 4. The van der Waals surface area contributed by atoms with Crippen LogP contribution in [0, 0.1) is 0 Å². The zero-order chi connectivity index (χ0) is 13.8. The first-order valence-electron chi connectivity index (χ1n) is 5.82. The van der Waals surface area contributed by atoms with E-state index in [1.165, 1.54) is 6.26 Å². The zero-order valence-corrected chi connectivity index (χ0v) is 10.9. The van der Waals surface area contributed by atoms with Crippen molar-refractivity contribution in [2.24, 2.45) is 0 Å². The third-order valence-electron chi connectivity index (χ3n) is 2.67. The standard InChI is InChI=1S/C13H16N4O2/c1-17(2)12-4-3-9(14)7-11(12)13(18)15-8-10-5-6-19-16-10/h3-7H,8,14H2,1-2H3,(H,15,18). The van der Waals surface area contributed by atoms with Crippen LogP contribution in [0.4, 0.5) is 11.4 Å². The number of nitrogens with zero attached hydrogens (tertiary/aromatic N) is 2. The number of carbonyl (C=O) groups is 1. The minimum absolute atomic E-state index is 0.195. The number of amides is 1. The molecule has 0 atom stereocenters. The quantitative estimate of drug-likeness (QED) is 0.808. The van der Waals surface area contributed by atoms with Gasteiger partial charge in [0.25, 0.3) is 5.91 Å². The highest BCUT2D eigenvalue weighted by molar-refractivity contribution is 6.00. The largest absolute Gasteiger partial charge is 0.399 e. The van der Waals surface area contributed by atoms with Crippen molar-refractivity contribution in [3.63, 3.8) is 0 Å². The van der Waals surface area contributed by atoms with Gasteiger partial charge in [0, 0.05) is 31.5 Å². The molecule has 2 aromatic rings. The van der Waals surface area contributed by atoms with Crippen molar-refractivity contribution in [2.45, 2.75) is 6.54 Å². The fraction of sp³-hybridized carbons (Fsp3) is 0.231. The molecule has 0 fully saturated rings. The van der Waals surface area contributed by atoms with E-state index in [-0.39, 0.29) is 5.91 Å². The van der Waals surface area contributed by atoms with E-state index >= 15 is 0 Å². The van der Waals surface area contributed by atoms with E-state index in [1.807, 2.05) is 25.1 Å². The van der Waals surface area contributed by atoms with Crippen LogP contribution in [0.1, 0.15) is 16.1 Å². The SMILES string of the molecule is CN(C)c1ccc(N)cc1C(=O)NCc1ccon1. The van der Waals surface area contributed by atoms with Gasteiger partial charge in [-0.3, -0.25) is 4.79 Å². The number of nitrogens with one attached hydrogen (secondary N) is 1. The summed E-state index contributed by atoms with van der Waals surface area (Å²) < 4.78 is 4.70. The molecular weight excluding hydrogens is 244 g/mol. The molecule has 2 rings (SSSR count). The van der Waals surface area contributed by atoms with Crippen LogP contribution in [0.25, 0.3) is 0 Å². The van der Waals surface area contributed by atoms with Gasteiger partial charge in [-0.25, -0.2) is 0 Å². The van der Waals surface area contributed by atoms with Crippen LogP contribution in [0.2, 0.25) is 0 Å². The summed E-state index contributed by atoms with van der Waals surface area (Å²) >= 11 is 0. The Morgan fingerprint density at radius 3 is 2.84 bits per heavy atom. The monoisotopic (exact) mass is 260 g/mol. The lowest BCUT2D eigenvalue weighted by atomic mass is 10.1. The Balaban J connectivity index is 2.16. The third-order valence-corrected chi connectivity index (χ3v) is 2.67. The second kappa shape index (κ2) is 5.43. The van der Waals surface area contributed by atoms with Crippen LogP contribution in [0.3, 0.4) is 0 Å². The molecule has 0 unspecified atom stereocenters. The molecule has 6 nitrogen and oxygen atoms in total. The Kier molecular flexibility index (Phi) is 3.70. The fourth-order valence-electron chi connectivity index (χ4n) is 1.72. The molecule has 3 N–H and O–H groups in total. The van der Waals surface area contributed by atoms with Gasteiger partial charge in [-0.15, -0.1) is 0 Å². The number of nitrogen functional groups attached to an aromatic ring is 1. The van der Waals surface area contributed by atoms with Crippen molar-refractivity contribution in [3.8, 4) is 0 Å². The minimum Gasteiger partial charge on any atom is -0.399 e. The van der Waals surface area contributed by atoms with Gasteiger partial charge >= 0.3 is 0 Å². The minimum atomic E-state index is -0.195. The number of hydrogen-bond acceptors (Lipinski definition) is 5. The Labute approximate surface area is 111 Å². The highest BCUT2D eigenvalue weighted by Gasteiger charge is 2.13. The van der Waals surface area contributed by atoms with Crippen molar-refractivity contribution in [1.29, 1.82) is 0 Å². The summed E-state index contributed by atoms with van der Waals surface area (Å²) in [6.45, 7) is 0.316. The first-order valence-corrected chi connectivity index (χ1v) is 5.82. The van der Waals surface area contributed by atoms with E-state index in [0.717, 1.165) is 5.69 Å². The summed E-state index contributed by atoms with van der Waals surface area (Å²) in [6, 6.07) is 6.95. The molecule has 0 saturated carbocycles. The van der Waals surface area contributed by atoms with Crippen molar-refractivity contribution >= 4 is 17.3 Å². The predicted octanol–water partition coefficient (Wildman–Crippen LogP) is 1.25. The fourth-order valence-corrected chi connectivity index (χ4v) is 1.72. The number of nitrogens with two attached hydrogens (primary N) is 1. The summed E-state index contributed by atoms with van der Waals surface area (Å²) in [5, 5.41) is 6.51. The molecule has 0 aliphatic rings. The van der Waals surface area contributed by atoms with Crippen LogP contribution in [-0.4, -0.2) is 25.2 Å². The Hall–Kier alpha value is -2.50. The highest BCUT2D eigenvalue weighted by atomic mass is 16.5. The molecule has 1 aromatic carbocycles. The molecule has 19 heavy (non-hydrogen) atoms. The second-order valence-corrected chi connectivity index (χ2v) is 4.34. The van der Waals surface area contributed by atoms with Crippen molar-refractivity contribution < 1.29 is 9.32 Å². The van der Waals surface area contributed by atoms with E-state index in [4.69, 9.17) is 10.3 Å². The molecule has 1 heterocycles. The molecule has 0 spiro atoms. The van der Waals surface area contributed by atoms with Crippen LogP contribution in [0.15, 0.2) is 35.1 Å². The van der Waals surface area contributed by atoms with Gasteiger partial charge in [-0.05, 0) is 18.2 Å². The Bertz CT molecular complexity index is 564. The third kappa shape index (κ3) is 3.04. The van der Waals surface area contributed by atoms with Crippen LogP contribution in [0.5, 0.6) is 0 Å². The Morgan fingerprint density at radius 1 is 1.42 bits per heavy atom. The number of benzene rings is 1. The first-order chi connectivity index (χ1) is 9.08. The predicted molar refractivity (Wildman–Crippen MR) is 72.9 cm³/mol. The van der Waals surface area contributed by atoms with E-state index in [0.29, 0.717) is 23.5 Å². The number of hydrogen-bond donors (Lipinski definition) is 2. The molecule has 0 saturated heterocycles. The summed E-state index contributed by atoms with van der Waals surface area (Å²) in [5.41, 5.74) is 8.30. The molecule has 0 aliphatic heterocycles. The lowest BCUT2D eigenvalue weighted by molar-refractivity contribution is 0.0950. The first kappa shape index (κ1) is 12.9. The van der Waals surface area contributed by atoms with Gasteiger partial charge in [-0.1, -0.05) is 5.16 Å². The van der Waals surface area contributed by atoms with Gasteiger partial charge in [0.2, 0.25) is 0 Å². The molecule has 1 amide bonds. The van der Waals surface area contributed by atoms with Crippen LogP contribution >= 0.6 is 0 Å². The van der Waals surface area contributed by atoms with E-state index in [9.17, 15) is 4.79 Å².